The lowest BCUT2D eigenvalue weighted by Gasteiger charge is -2.03. The average molecular weight is 205 g/mol. The van der Waals surface area contributed by atoms with Crippen LogP contribution < -0.4 is 0 Å². The topological polar surface area (TPSA) is 17.8 Å². The average Bonchev–Trinajstić information content (AvgIpc) is 2.52. The van der Waals surface area contributed by atoms with Gasteiger partial charge in [0.25, 0.3) is 0 Å². The lowest BCUT2D eigenvalue weighted by Crippen LogP contribution is -2.01. The molecule has 0 N–H and O–H groups in total. The Morgan fingerprint density at radius 2 is 2.50 bits per heavy atom. The van der Waals surface area contributed by atoms with Gasteiger partial charge < -0.3 is 4.57 Å². The van der Waals surface area contributed by atoms with Crippen LogP contribution >= 0.6 is 23.4 Å². The predicted octanol–water partition coefficient (Wildman–Crippen LogP) is 2.38. The number of rotatable bonds is 5. The molecule has 0 spiro atoms. The molecule has 0 atom stereocenters. The van der Waals surface area contributed by atoms with Crippen LogP contribution in [-0.4, -0.2) is 21.6 Å². The van der Waals surface area contributed by atoms with Crippen LogP contribution in [0.1, 0.15) is 12.2 Å². The number of hydrogen-bond donors (Lipinski definition) is 0. The Bertz CT molecular complexity index is 225. The van der Waals surface area contributed by atoms with Crippen molar-refractivity contribution in [1.82, 2.24) is 9.55 Å². The monoisotopic (exact) mass is 204 g/mol. The first-order valence-electron chi connectivity index (χ1n) is 3.93. The smallest absolute Gasteiger partial charge is 0.123 e. The number of aryl methyl sites for hydroxylation is 1. The number of hydrogen-bond acceptors (Lipinski definition) is 2. The number of alkyl halides is 1. The summed E-state index contributed by atoms with van der Waals surface area (Å²) in [6.45, 7) is 1.03. The zero-order chi connectivity index (χ0) is 8.81. The standard InChI is InChI=1S/C8H13ClN2S/c1-12-6-2-4-11-5-3-10-8(11)7-9/h3,5H,2,4,6-7H2,1H3. The highest BCUT2D eigenvalue weighted by atomic mass is 35.5. The zero-order valence-electron chi connectivity index (χ0n) is 7.16. The van der Waals surface area contributed by atoms with E-state index in [1.807, 2.05) is 18.0 Å². The van der Waals surface area contributed by atoms with E-state index >= 15 is 0 Å². The molecule has 0 saturated carbocycles. The summed E-state index contributed by atoms with van der Waals surface area (Å²) in [6, 6.07) is 0. The van der Waals surface area contributed by atoms with Gasteiger partial charge in [0.2, 0.25) is 0 Å². The first-order chi connectivity index (χ1) is 5.88. The summed E-state index contributed by atoms with van der Waals surface area (Å²) in [5.41, 5.74) is 0. The molecule has 12 heavy (non-hydrogen) atoms. The number of aromatic nitrogens is 2. The molecule has 0 aliphatic heterocycles. The molecule has 0 fully saturated rings. The Kier molecular flexibility index (Phi) is 4.54. The molecule has 1 aromatic rings. The SMILES string of the molecule is CSCCCn1ccnc1CCl. The Morgan fingerprint density at radius 3 is 3.17 bits per heavy atom. The van der Waals surface area contributed by atoms with Crippen molar-refractivity contribution in [3.63, 3.8) is 0 Å². The van der Waals surface area contributed by atoms with Gasteiger partial charge in [-0.1, -0.05) is 0 Å². The lowest BCUT2D eigenvalue weighted by atomic mass is 10.4. The molecular weight excluding hydrogens is 192 g/mol. The second kappa shape index (κ2) is 5.49. The quantitative estimate of drug-likeness (QED) is 0.542. The van der Waals surface area contributed by atoms with Gasteiger partial charge in [-0.3, -0.25) is 0 Å². The summed E-state index contributed by atoms with van der Waals surface area (Å²) in [4.78, 5) is 4.14. The van der Waals surface area contributed by atoms with E-state index in [0.29, 0.717) is 5.88 Å². The number of halogens is 1. The van der Waals surface area contributed by atoms with Gasteiger partial charge in [0.1, 0.15) is 5.82 Å². The molecule has 2 nitrogen and oxygen atoms in total. The first-order valence-corrected chi connectivity index (χ1v) is 5.86. The van der Waals surface area contributed by atoms with Gasteiger partial charge in [0.15, 0.2) is 0 Å². The molecule has 1 rings (SSSR count). The Labute approximate surface area is 82.3 Å². The van der Waals surface area contributed by atoms with Crippen molar-refractivity contribution in [3.8, 4) is 0 Å². The maximum absolute atomic E-state index is 5.70. The van der Waals surface area contributed by atoms with Gasteiger partial charge in [-0.2, -0.15) is 11.8 Å². The van der Waals surface area contributed by atoms with Crippen molar-refractivity contribution in [2.24, 2.45) is 0 Å². The van der Waals surface area contributed by atoms with E-state index in [1.54, 1.807) is 6.20 Å². The minimum Gasteiger partial charge on any atom is -0.334 e. The number of thioether (sulfide) groups is 1. The van der Waals surface area contributed by atoms with Crippen molar-refractivity contribution in [2.45, 2.75) is 18.8 Å². The molecule has 1 aromatic heterocycles. The van der Waals surface area contributed by atoms with E-state index in [0.717, 1.165) is 12.4 Å². The van der Waals surface area contributed by atoms with Crippen LogP contribution in [0.4, 0.5) is 0 Å². The second-order valence-corrected chi connectivity index (χ2v) is 3.77. The summed E-state index contributed by atoms with van der Waals surface area (Å²) < 4.78 is 2.11. The van der Waals surface area contributed by atoms with Crippen LogP contribution in [0.25, 0.3) is 0 Å². The van der Waals surface area contributed by atoms with Crippen LogP contribution in [0, 0.1) is 0 Å². The van der Waals surface area contributed by atoms with Gasteiger partial charge in [-0.05, 0) is 18.4 Å². The molecule has 0 amide bonds. The Hall–Kier alpha value is -0.150. The number of imidazole rings is 1. The lowest BCUT2D eigenvalue weighted by molar-refractivity contribution is 0.658. The minimum absolute atomic E-state index is 0.506. The van der Waals surface area contributed by atoms with Crippen molar-refractivity contribution in [2.75, 3.05) is 12.0 Å². The van der Waals surface area contributed by atoms with Crippen molar-refractivity contribution in [3.05, 3.63) is 18.2 Å². The van der Waals surface area contributed by atoms with Gasteiger partial charge in [-0.25, -0.2) is 4.98 Å². The highest BCUT2D eigenvalue weighted by Gasteiger charge is 1.99. The first kappa shape index (κ1) is 9.93. The Morgan fingerprint density at radius 1 is 1.67 bits per heavy atom. The molecule has 0 aliphatic carbocycles. The van der Waals surface area contributed by atoms with Gasteiger partial charge in [-0.15, -0.1) is 11.6 Å². The van der Waals surface area contributed by atoms with Crippen LogP contribution in [0.3, 0.4) is 0 Å². The van der Waals surface area contributed by atoms with E-state index in [9.17, 15) is 0 Å². The van der Waals surface area contributed by atoms with E-state index in [2.05, 4.69) is 15.8 Å². The summed E-state index contributed by atoms with van der Waals surface area (Å²) in [5.74, 6) is 2.67. The van der Waals surface area contributed by atoms with Crippen molar-refractivity contribution in [1.29, 1.82) is 0 Å². The molecule has 0 radical (unpaired) electrons. The third-order valence-electron chi connectivity index (χ3n) is 1.67. The van der Waals surface area contributed by atoms with Gasteiger partial charge in [0, 0.05) is 18.9 Å². The molecule has 0 saturated heterocycles. The zero-order valence-corrected chi connectivity index (χ0v) is 8.74. The highest BCUT2D eigenvalue weighted by molar-refractivity contribution is 7.98. The van der Waals surface area contributed by atoms with Crippen molar-refractivity contribution >= 4 is 23.4 Å². The van der Waals surface area contributed by atoms with Gasteiger partial charge >= 0.3 is 0 Å². The molecule has 0 bridgehead atoms. The normalized spacial score (nSPS) is 10.5. The molecule has 0 aliphatic rings. The minimum atomic E-state index is 0.506. The summed E-state index contributed by atoms with van der Waals surface area (Å²) in [5, 5.41) is 0. The fraction of sp³-hybridized carbons (Fsp3) is 0.625. The molecule has 4 heteroatoms. The molecule has 68 valence electrons. The fourth-order valence-corrected chi connectivity index (χ4v) is 1.69. The predicted molar refractivity (Wildman–Crippen MR) is 54.8 cm³/mol. The van der Waals surface area contributed by atoms with Crippen LogP contribution in [0.15, 0.2) is 12.4 Å². The van der Waals surface area contributed by atoms with E-state index in [4.69, 9.17) is 11.6 Å². The molecule has 1 heterocycles. The van der Waals surface area contributed by atoms with E-state index < -0.39 is 0 Å². The van der Waals surface area contributed by atoms with Crippen LogP contribution in [-0.2, 0) is 12.4 Å². The molecule has 0 unspecified atom stereocenters. The largest absolute Gasteiger partial charge is 0.334 e. The molecule has 0 aromatic carbocycles. The van der Waals surface area contributed by atoms with Crippen molar-refractivity contribution < 1.29 is 0 Å². The Balaban J connectivity index is 2.39. The third kappa shape index (κ3) is 2.72. The van der Waals surface area contributed by atoms with E-state index in [-0.39, 0.29) is 0 Å². The summed E-state index contributed by atoms with van der Waals surface area (Å²) in [6.07, 6.45) is 7.09. The third-order valence-corrected chi connectivity index (χ3v) is 2.60. The summed E-state index contributed by atoms with van der Waals surface area (Å²) >= 11 is 7.57. The van der Waals surface area contributed by atoms with Crippen LogP contribution in [0.2, 0.25) is 0 Å². The maximum Gasteiger partial charge on any atom is 0.123 e. The maximum atomic E-state index is 5.70. The molecular formula is C8H13ClN2S. The summed E-state index contributed by atoms with van der Waals surface area (Å²) in [7, 11) is 0. The number of nitrogens with zero attached hydrogens (tertiary/aromatic N) is 2. The van der Waals surface area contributed by atoms with E-state index in [1.165, 1.54) is 12.2 Å². The highest BCUT2D eigenvalue weighted by Crippen LogP contribution is 2.04. The second-order valence-electron chi connectivity index (χ2n) is 2.52. The van der Waals surface area contributed by atoms with Crippen LogP contribution in [0.5, 0.6) is 0 Å². The van der Waals surface area contributed by atoms with Gasteiger partial charge in [0.05, 0.1) is 5.88 Å². The fourth-order valence-electron chi connectivity index (χ4n) is 1.05.